The molecule has 4 rings (SSSR count). The van der Waals surface area contributed by atoms with Crippen LogP contribution in [0.4, 0.5) is 0 Å². The van der Waals surface area contributed by atoms with E-state index in [2.05, 4.69) is 20.0 Å². The maximum absolute atomic E-state index is 10.7. The second-order valence-corrected chi connectivity index (χ2v) is 8.57. The Balaban J connectivity index is 1.33. The number of aliphatic hydroxyl groups excluding tert-OH is 2. The smallest absolute Gasteiger partial charge is 0.0822 e. The van der Waals surface area contributed by atoms with Gasteiger partial charge < -0.3 is 10.2 Å². The summed E-state index contributed by atoms with van der Waals surface area (Å²) in [4.78, 5) is 4.77. The van der Waals surface area contributed by atoms with E-state index in [1.54, 1.807) is 0 Å². The molecule has 3 heterocycles. The maximum atomic E-state index is 10.7. The highest BCUT2D eigenvalue weighted by Gasteiger charge is 2.34. The average molecular weight is 363 g/mol. The van der Waals surface area contributed by atoms with E-state index in [1.807, 2.05) is 6.20 Å². The van der Waals surface area contributed by atoms with Gasteiger partial charge in [0.15, 0.2) is 0 Å². The quantitative estimate of drug-likeness (QED) is 0.762. The second kappa shape index (κ2) is 8.38. The Morgan fingerprint density at radius 3 is 2.50 bits per heavy atom. The first-order chi connectivity index (χ1) is 12.7. The standard InChI is InChI=1S/C20H34N4O2/c25-17-6-10-24(11-7-17)18-8-9-23(14-19(18)26)13-16-12-21-22-20(16)15-4-2-1-3-5-15/h12,15,17-19,25-26H,1-11,13-14H2,(H,21,22)/t18-,19-/m1/s1. The Labute approximate surface area is 156 Å². The predicted octanol–water partition coefficient (Wildman–Crippen LogP) is 1.85. The third-order valence-corrected chi connectivity index (χ3v) is 6.76. The van der Waals surface area contributed by atoms with E-state index in [1.165, 1.54) is 43.4 Å². The van der Waals surface area contributed by atoms with Gasteiger partial charge in [-0.05, 0) is 32.1 Å². The normalized spacial score (nSPS) is 30.7. The van der Waals surface area contributed by atoms with Crippen LogP contribution in [0.25, 0.3) is 0 Å². The summed E-state index contributed by atoms with van der Waals surface area (Å²) >= 11 is 0. The molecule has 3 fully saturated rings. The largest absolute Gasteiger partial charge is 0.393 e. The predicted molar refractivity (Wildman–Crippen MR) is 101 cm³/mol. The molecule has 26 heavy (non-hydrogen) atoms. The number of β-amino-alcohol motifs (C(OH)–C–C–N with tert-alkyl or cyclic N) is 1. The number of aromatic amines is 1. The number of H-pyrrole nitrogens is 1. The van der Waals surface area contributed by atoms with Crippen molar-refractivity contribution in [1.29, 1.82) is 0 Å². The van der Waals surface area contributed by atoms with E-state index in [-0.39, 0.29) is 18.2 Å². The molecular weight excluding hydrogens is 328 g/mol. The topological polar surface area (TPSA) is 75.6 Å². The van der Waals surface area contributed by atoms with Crippen molar-refractivity contribution in [2.45, 2.75) is 82.1 Å². The number of rotatable bonds is 4. The minimum atomic E-state index is -0.302. The van der Waals surface area contributed by atoms with Crippen LogP contribution in [0.5, 0.6) is 0 Å². The van der Waals surface area contributed by atoms with Crippen molar-refractivity contribution in [3.63, 3.8) is 0 Å². The molecule has 6 nitrogen and oxygen atoms in total. The van der Waals surface area contributed by atoms with Crippen LogP contribution in [-0.2, 0) is 6.54 Å². The summed E-state index contributed by atoms with van der Waals surface area (Å²) in [6.45, 7) is 4.48. The molecule has 3 aliphatic rings. The number of aliphatic hydroxyl groups is 2. The third kappa shape index (κ3) is 4.14. The van der Waals surface area contributed by atoms with Gasteiger partial charge in [-0.3, -0.25) is 14.9 Å². The van der Waals surface area contributed by atoms with Gasteiger partial charge >= 0.3 is 0 Å². The van der Waals surface area contributed by atoms with Gasteiger partial charge in [-0.1, -0.05) is 19.3 Å². The van der Waals surface area contributed by atoms with Crippen molar-refractivity contribution in [2.75, 3.05) is 26.2 Å². The molecule has 0 unspecified atom stereocenters. The Morgan fingerprint density at radius 2 is 1.77 bits per heavy atom. The zero-order valence-electron chi connectivity index (χ0n) is 15.8. The lowest BCUT2D eigenvalue weighted by Gasteiger charge is -2.43. The van der Waals surface area contributed by atoms with Crippen molar-refractivity contribution in [3.8, 4) is 0 Å². The van der Waals surface area contributed by atoms with E-state index in [4.69, 9.17) is 0 Å². The molecule has 2 saturated heterocycles. The van der Waals surface area contributed by atoms with Crippen LogP contribution in [0.2, 0.25) is 0 Å². The van der Waals surface area contributed by atoms with Crippen molar-refractivity contribution in [3.05, 3.63) is 17.5 Å². The first-order valence-electron chi connectivity index (χ1n) is 10.6. The Bertz CT molecular complexity index is 564. The van der Waals surface area contributed by atoms with Crippen molar-refractivity contribution in [1.82, 2.24) is 20.0 Å². The van der Waals surface area contributed by atoms with Crippen molar-refractivity contribution >= 4 is 0 Å². The number of aromatic nitrogens is 2. The number of hydrogen-bond acceptors (Lipinski definition) is 5. The van der Waals surface area contributed by atoms with E-state index >= 15 is 0 Å². The van der Waals surface area contributed by atoms with Gasteiger partial charge in [0.2, 0.25) is 0 Å². The molecule has 1 saturated carbocycles. The van der Waals surface area contributed by atoms with Gasteiger partial charge in [0.25, 0.3) is 0 Å². The lowest BCUT2D eigenvalue weighted by molar-refractivity contribution is -0.0356. The Hall–Kier alpha value is -0.950. The molecule has 0 amide bonds. The minimum Gasteiger partial charge on any atom is -0.393 e. The van der Waals surface area contributed by atoms with Gasteiger partial charge in [-0.15, -0.1) is 0 Å². The molecule has 2 atom stereocenters. The summed E-state index contributed by atoms with van der Waals surface area (Å²) in [5.74, 6) is 0.642. The SMILES string of the molecule is OC1CCN([C@@H]2CCN(Cc3cn[nH]c3C3CCCCC3)C[C@H]2O)CC1. The van der Waals surface area contributed by atoms with E-state index in [0.29, 0.717) is 5.92 Å². The van der Waals surface area contributed by atoms with E-state index in [9.17, 15) is 10.2 Å². The molecule has 3 N–H and O–H groups in total. The highest BCUT2D eigenvalue weighted by molar-refractivity contribution is 5.21. The molecular formula is C20H34N4O2. The lowest BCUT2D eigenvalue weighted by atomic mass is 9.85. The molecule has 0 bridgehead atoms. The number of likely N-dealkylation sites (tertiary alicyclic amines) is 2. The second-order valence-electron chi connectivity index (χ2n) is 8.57. The Morgan fingerprint density at radius 1 is 1.00 bits per heavy atom. The van der Waals surface area contributed by atoms with Crippen LogP contribution in [0.1, 0.15) is 68.5 Å². The van der Waals surface area contributed by atoms with Crippen LogP contribution in [0.15, 0.2) is 6.20 Å². The fourth-order valence-electron chi connectivity index (χ4n) is 5.20. The van der Waals surface area contributed by atoms with Gasteiger partial charge in [0, 0.05) is 55.9 Å². The molecule has 2 aliphatic heterocycles. The Kier molecular flexibility index (Phi) is 5.93. The molecule has 0 spiro atoms. The summed E-state index contributed by atoms with van der Waals surface area (Å²) in [5, 5.41) is 28.0. The summed E-state index contributed by atoms with van der Waals surface area (Å²) < 4.78 is 0. The summed E-state index contributed by atoms with van der Waals surface area (Å²) in [6.07, 6.45) is 10.8. The molecule has 1 aromatic rings. The van der Waals surface area contributed by atoms with E-state index in [0.717, 1.165) is 52.0 Å². The fraction of sp³-hybridized carbons (Fsp3) is 0.850. The number of hydrogen-bond donors (Lipinski definition) is 3. The first-order valence-corrected chi connectivity index (χ1v) is 10.6. The number of nitrogens with zero attached hydrogens (tertiary/aromatic N) is 3. The molecule has 6 heteroatoms. The maximum Gasteiger partial charge on any atom is 0.0822 e. The number of piperidine rings is 2. The van der Waals surface area contributed by atoms with Crippen LogP contribution in [0.3, 0.4) is 0 Å². The summed E-state index contributed by atoms with van der Waals surface area (Å²) in [5.41, 5.74) is 2.66. The van der Waals surface area contributed by atoms with Crippen molar-refractivity contribution < 1.29 is 10.2 Å². The summed E-state index contributed by atoms with van der Waals surface area (Å²) in [7, 11) is 0. The molecule has 1 aliphatic carbocycles. The van der Waals surface area contributed by atoms with Crippen LogP contribution in [0, 0.1) is 0 Å². The van der Waals surface area contributed by atoms with E-state index < -0.39 is 0 Å². The van der Waals surface area contributed by atoms with Gasteiger partial charge in [0.05, 0.1) is 18.4 Å². The van der Waals surface area contributed by atoms with Crippen LogP contribution < -0.4 is 0 Å². The molecule has 146 valence electrons. The van der Waals surface area contributed by atoms with Crippen LogP contribution in [-0.4, -0.2) is 74.6 Å². The first kappa shape index (κ1) is 18.4. The van der Waals surface area contributed by atoms with Gasteiger partial charge in [0.1, 0.15) is 0 Å². The zero-order valence-corrected chi connectivity index (χ0v) is 15.8. The molecule has 0 aromatic carbocycles. The van der Waals surface area contributed by atoms with Crippen LogP contribution >= 0.6 is 0 Å². The van der Waals surface area contributed by atoms with Gasteiger partial charge in [-0.25, -0.2) is 0 Å². The highest BCUT2D eigenvalue weighted by Crippen LogP contribution is 2.34. The van der Waals surface area contributed by atoms with Gasteiger partial charge in [-0.2, -0.15) is 5.10 Å². The highest BCUT2D eigenvalue weighted by atomic mass is 16.3. The molecule has 0 radical (unpaired) electrons. The number of nitrogens with one attached hydrogen (secondary N) is 1. The minimum absolute atomic E-state index is 0.150. The lowest BCUT2D eigenvalue weighted by Crippen LogP contribution is -2.55. The summed E-state index contributed by atoms with van der Waals surface area (Å²) in [6, 6.07) is 0.251. The molecule has 1 aromatic heterocycles. The fourth-order valence-corrected chi connectivity index (χ4v) is 5.20. The average Bonchev–Trinajstić information content (AvgIpc) is 3.12. The third-order valence-electron chi connectivity index (χ3n) is 6.76. The zero-order chi connectivity index (χ0) is 17.9. The monoisotopic (exact) mass is 362 g/mol. The van der Waals surface area contributed by atoms with Crippen molar-refractivity contribution in [2.24, 2.45) is 0 Å².